The van der Waals surface area contributed by atoms with Crippen LogP contribution in [0.3, 0.4) is 0 Å². The molecule has 0 bridgehead atoms. The molecule has 0 heterocycles. The first kappa shape index (κ1) is 33.6. The van der Waals surface area contributed by atoms with Gasteiger partial charge in [-0.15, -0.1) is 0 Å². The molecule has 0 aromatic rings. The van der Waals surface area contributed by atoms with Crippen molar-refractivity contribution in [2.45, 2.75) is 136 Å². The first-order chi connectivity index (χ1) is 16.2. The Balaban J connectivity index is 3.30. The summed E-state index contributed by atoms with van der Waals surface area (Å²) in [4.78, 5) is 11.8. The van der Waals surface area contributed by atoms with Gasteiger partial charge in [0.05, 0.1) is 33.0 Å². The topological polar surface area (TPSA) is 54.0 Å². The van der Waals surface area contributed by atoms with Gasteiger partial charge in [-0.05, 0) is 24.6 Å². The molecule has 0 spiro atoms. The van der Waals surface area contributed by atoms with Crippen molar-refractivity contribution in [1.29, 1.82) is 0 Å². The van der Waals surface area contributed by atoms with E-state index < -0.39 is 8.32 Å². The molecule has 0 saturated heterocycles. The smallest absolute Gasteiger partial charge is 0.305 e. The highest BCUT2D eigenvalue weighted by Gasteiger charge is 2.36. The predicted molar refractivity (Wildman–Crippen MR) is 146 cm³/mol. The number of rotatable bonds is 24. The Hall–Kier alpha value is -0.433. The Morgan fingerprint density at radius 2 is 1.03 bits per heavy atom. The van der Waals surface area contributed by atoms with Crippen molar-refractivity contribution >= 4 is 14.3 Å². The van der Waals surface area contributed by atoms with E-state index in [0.717, 1.165) is 12.8 Å². The molecule has 0 radical (unpaired) electrons. The molecule has 0 aliphatic heterocycles. The van der Waals surface area contributed by atoms with E-state index in [1.54, 1.807) is 0 Å². The standard InChI is InChI=1S/C28H58O5Si/c1-7-8-9-10-11-12-13-14-15-16-17-18-19-20-27(29)32-25-23-30-21-22-31-24-26-33-34(5,6)28(2,3)4/h7-26H2,1-6H3. The molecule has 0 amide bonds. The van der Waals surface area contributed by atoms with E-state index in [1.165, 1.54) is 70.6 Å². The van der Waals surface area contributed by atoms with Crippen LogP contribution >= 0.6 is 0 Å². The van der Waals surface area contributed by atoms with Crippen LogP contribution in [0.15, 0.2) is 0 Å². The van der Waals surface area contributed by atoms with E-state index in [4.69, 9.17) is 18.6 Å². The van der Waals surface area contributed by atoms with Crippen molar-refractivity contribution in [3.63, 3.8) is 0 Å². The lowest BCUT2D eigenvalue weighted by molar-refractivity contribution is -0.145. The van der Waals surface area contributed by atoms with Crippen molar-refractivity contribution in [3.05, 3.63) is 0 Å². The van der Waals surface area contributed by atoms with Gasteiger partial charge in [0.1, 0.15) is 6.61 Å². The van der Waals surface area contributed by atoms with Crippen molar-refractivity contribution in [3.8, 4) is 0 Å². The highest BCUT2D eigenvalue weighted by Crippen LogP contribution is 2.36. The average Bonchev–Trinajstić information content (AvgIpc) is 2.77. The van der Waals surface area contributed by atoms with Crippen molar-refractivity contribution < 1.29 is 23.4 Å². The van der Waals surface area contributed by atoms with Gasteiger partial charge in [0, 0.05) is 6.42 Å². The van der Waals surface area contributed by atoms with Crippen molar-refractivity contribution in [2.24, 2.45) is 0 Å². The highest BCUT2D eigenvalue weighted by atomic mass is 28.4. The fourth-order valence-corrected chi connectivity index (χ4v) is 4.49. The third-order valence-electron chi connectivity index (χ3n) is 6.84. The second-order valence-corrected chi connectivity index (χ2v) is 15.9. The fourth-order valence-electron chi connectivity index (χ4n) is 3.47. The summed E-state index contributed by atoms with van der Waals surface area (Å²) in [7, 11) is -1.69. The lowest BCUT2D eigenvalue weighted by Crippen LogP contribution is -2.41. The van der Waals surface area contributed by atoms with Crippen LogP contribution in [-0.2, 0) is 23.4 Å². The maximum Gasteiger partial charge on any atom is 0.305 e. The van der Waals surface area contributed by atoms with Crippen LogP contribution in [0.25, 0.3) is 0 Å². The molecule has 0 unspecified atom stereocenters. The van der Waals surface area contributed by atoms with E-state index in [1.807, 2.05) is 0 Å². The molecule has 0 aliphatic carbocycles. The van der Waals surface area contributed by atoms with Gasteiger partial charge in [-0.2, -0.15) is 0 Å². The normalized spacial score (nSPS) is 12.3. The van der Waals surface area contributed by atoms with Gasteiger partial charge < -0.3 is 18.6 Å². The van der Waals surface area contributed by atoms with Crippen LogP contribution in [-0.4, -0.2) is 53.9 Å². The molecule has 0 aromatic heterocycles. The minimum absolute atomic E-state index is 0.106. The SMILES string of the molecule is CCCCCCCCCCCCCCCC(=O)OCCOCCOCCO[Si](C)(C)C(C)(C)C. The Bertz CT molecular complexity index is 462. The Morgan fingerprint density at radius 1 is 0.618 bits per heavy atom. The molecule has 0 rings (SSSR count). The molecular formula is C28H58O5Si. The molecule has 0 N–H and O–H groups in total. The third-order valence-corrected chi connectivity index (χ3v) is 11.4. The number of carbonyl (C=O) groups excluding carboxylic acids is 1. The Kier molecular flexibility index (Phi) is 21.5. The lowest BCUT2D eigenvalue weighted by Gasteiger charge is -2.36. The van der Waals surface area contributed by atoms with Gasteiger partial charge in [-0.1, -0.05) is 105 Å². The maximum absolute atomic E-state index is 11.8. The van der Waals surface area contributed by atoms with Gasteiger partial charge in [0.15, 0.2) is 8.32 Å². The summed E-state index contributed by atoms with van der Waals surface area (Å²) in [6.45, 7) is 16.5. The summed E-state index contributed by atoms with van der Waals surface area (Å²) < 4.78 is 22.3. The molecule has 34 heavy (non-hydrogen) atoms. The Morgan fingerprint density at radius 3 is 1.50 bits per heavy atom. The molecule has 5 nitrogen and oxygen atoms in total. The predicted octanol–water partition coefficient (Wildman–Crippen LogP) is 8.07. The number of unbranched alkanes of at least 4 members (excludes halogenated alkanes) is 12. The summed E-state index contributed by atoms with van der Waals surface area (Å²) in [6, 6.07) is 0. The quantitative estimate of drug-likeness (QED) is 0.0758. The number of ether oxygens (including phenoxy) is 3. The van der Waals surface area contributed by atoms with Crippen LogP contribution in [0.1, 0.15) is 118 Å². The van der Waals surface area contributed by atoms with E-state index in [-0.39, 0.29) is 11.0 Å². The molecule has 0 aromatic carbocycles. The summed E-state index contributed by atoms with van der Waals surface area (Å²) in [5, 5.41) is 0.222. The van der Waals surface area contributed by atoms with Gasteiger partial charge in [-0.25, -0.2) is 0 Å². The monoisotopic (exact) mass is 502 g/mol. The zero-order valence-corrected chi connectivity index (χ0v) is 24.7. The molecule has 0 atom stereocenters. The average molecular weight is 503 g/mol. The first-order valence-corrected chi connectivity index (χ1v) is 17.1. The first-order valence-electron chi connectivity index (χ1n) is 14.2. The number of carbonyl (C=O) groups is 1. The molecule has 0 fully saturated rings. The Labute approximate surface area is 213 Å². The summed E-state index contributed by atoms with van der Waals surface area (Å²) in [5.41, 5.74) is 0. The minimum Gasteiger partial charge on any atom is -0.463 e. The van der Waals surface area contributed by atoms with Gasteiger partial charge in [0.2, 0.25) is 0 Å². The second-order valence-electron chi connectivity index (χ2n) is 11.0. The van der Waals surface area contributed by atoms with E-state index in [9.17, 15) is 4.79 Å². The largest absolute Gasteiger partial charge is 0.463 e. The van der Waals surface area contributed by atoms with Crippen molar-refractivity contribution in [2.75, 3.05) is 39.6 Å². The molecule has 6 heteroatoms. The van der Waals surface area contributed by atoms with Crippen LogP contribution < -0.4 is 0 Å². The highest BCUT2D eigenvalue weighted by molar-refractivity contribution is 6.74. The van der Waals surface area contributed by atoms with Gasteiger partial charge in [0.25, 0.3) is 0 Å². The van der Waals surface area contributed by atoms with Crippen molar-refractivity contribution in [1.82, 2.24) is 0 Å². The molecule has 0 saturated carbocycles. The lowest BCUT2D eigenvalue weighted by atomic mass is 10.0. The van der Waals surface area contributed by atoms with Crippen LogP contribution in [0.2, 0.25) is 18.1 Å². The fraction of sp³-hybridized carbons (Fsp3) is 0.964. The van der Waals surface area contributed by atoms with Gasteiger partial charge >= 0.3 is 5.97 Å². The maximum atomic E-state index is 11.8. The molecule has 0 aliphatic rings. The summed E-state index contributed by atoms with van der Waals surface area (Å²) in [6.07, 6.45) is 17.6. The second kappa shape index (κ2) is 21.8. The zero-order chi connectivity index (χ0) is 25.5. The van der Waals surface area contributed by atoms with Crippen LogP contribution in [0.4, 0.5) is 0 Å². The minimum atomic E-state index is -1.69. The van der Waals surface area contributed by atoms with Crippen LogP contribution in [0.5, 0.6) is 0 Å². The number of hydrogen-bond donors (Lipinski definition) is 0. The van der Waals surface area contributed by atoms with E-state index >= 15 is 0 Å². The molecule has 204 valence electrons. The number of esters is 1. The van der Waals surface area contributed by atoms with E-state index in [2.05, 4.69) is 40.8 Å². The zero-order valence-electron chi connectivity index (χ0n) is 23.7. The summed E-state index contributed by atoms with van der Waals surface area (Å²) >= 11 is 0. The molecular weight excluding hydrogens is 444 g/mol. The summed E-state index contributed by atoms with van der Waals surface area (Å²) in [5.74, 6) is -0.106. The third kappa shape index (κ3) is 20.9. The van der Waals surface area contributed by atoms with Gasteiger partial charge in [-0.3, -0.25) is 4.79 Å². The van der Waals surface area contributed by atoms with Crippen LogP contribution in [0, 0.1) is 0 Å². The number of hydrogen-bond acceptors (Lipinski definition) is 5. The van der Waals surface area contributed by atoms with E-state index in [0.29, 0.717) is 46.1 Å².